The smallest absolute Gasteiger partial charge is 0.0972 e. The Kier molecular flexibility index (Phi) is 6.36. The summed E-state index contributed by atoms with van der Waals surface area (Å²) in [6, 6.07) is 57.7. The maximum absolute atomic E-state index is 5.35. The number of hydrogen-bond donors (Lipinski definition) is 0. The fourth-order valence-electron chi connectivity index (χ4n) is 6.99. The van der Waals surface area contributed by atoms with E-state index in [-0.39, 0.29) is 0 Å². The highest BCUT2D eigenvalue weighted by atomic mass is 32.1. The highest BCUT2D eigenvalue weighted by Crippen LogP contribution is 2.43. The normalized spacial score (nSPS) is 11.7. The minimum absolute atomic E-state index is 0.911. The zero-order valence-corrected chi connectivity index (χ0v) is 27.2. The quantitative estimate of drug-likeness (QED) is 0.180. The van der Waals surface area contributed by atoms with Crippen LogP contribution in [-0.4, -0.2) is 15.0 Å². The van der Waals surface area contributed by atoms with Crippen molar-refractivity contribution in [3.05, 3.63) is 164 Å². The third kappa shape index (κ3) is 4.68. The molecular formula is C45H27N3S. The van der Waals surface area contributed by atoms with Gasteiger partial charge in [-0.25, -0.2) is 15.0 Å². The van der Waals surface area contributed by atoms with Gasteiger partial charge in [-0.2, -0.15) is 0 Å². The van der Waals surface area contributed by atoms with Crippen LogP contribution in [0.3, 0.4) is 0 Å². The Morgan fingerprint density at radius 3 is 1.63 bits per heavy atom. The van der Waals surface area contributed by atoms with Gasteiger partial charge in [-0.05, 0) is 35.4 Å². The maximum Gasteiger partial charge on any atom is 0.0972 e. The lowest BCUT2D eigenvalue weighted by atomic mass is 9.99. The molecule has 0 saturated heterocycles. The molecule has 0 radical (unpaired) electrons. The highest BCUT2D eigenvalue weighted by molar-refractivity contribution is 7.26. The number of fused-ring (bicyclic) bond motifs is 8. The SMILES string of the molecule is c1ccc(-c2ccc3c(c2)nc(-c2ccc(-c4ccc5ccc6ccc(-c7ccccc7)nc6c5n4)cc2)c2sc4ccccc4c23)cc1. The molecule has 4 aromatic heterocycles. The van der Waals surface area contributed by atoms with E-state index < -0.39 is 0 Å². The monoisotopic (exact) mass is 641 g/mol. The molecule has 228 valence electrons. The molecule has 0 fully saturated rings. The average Bonchev–Trinajstić information content (AvgIpc) is 3.58. The summed E-state index contributed by atoms with van der Waals surface area (Å²) in [5.74, 6) is 0. The number of thiophene rings is 1. The molecule has 0 saturated carbocycles. The van der Waals surface area contributed by atoms with Gasteiger partial charge in [0.1, 0.15) is 0 Å². The molecule has 3 nitrogen and oxygen atoms in total. The van der Waals surface area contributed by atoms with E-state index in [2.05, 4.69) is 146 Å². The van der Waals surface area contributed by atoms with Gasteiger partial charge in [-0.1, -0.05) is 140 Å². The Labute approximate surface area is 286 Å². The molecule has 0 aliphatic heterocycles. The molecule has 0 atom stereocenters. The Balaban J connectivity index is 1.11. The molecule has 49 heavy (non-hydrogen) atoms. The lowest BCUT2D eigenvalue weighted by Crippen LogP contribution is -1.91. The van der Waals surface area contributed by atoms with Crippen LogP contribution in [0.4, 0.5) is 0 Å². The van der Waals surface area contributed by atoms with Crippen LogP contribution in [0.15, 0.2) is 164 Å². The van der Waals surface area contributed by atoms with Crippen LogP contribution in [0, 0.1) is 0 Å². The molecule has 0 aliphatic rings. The van der Waals surface area contributed by atoms with Gasteiger partial charge in [0.05, 0.1) is 38.3 Å². The molecule has 4 heterocycles. The summed E-state index contributed by atoms with van der Waals surface area (Å²) in [4.78, 5) is 15.6. The van der Waals surface area contributed by atoms with Gasteiger partial charge in [-0.15, -0.1) is 11.3 Å². The Hall–Kier alpha value is -6.23. The highest BCUT2D eigenvalue weighted by Gasteiger charge is 2.17. The Morgan fingerprint density at radius 1 is 0.388 bits per heavy atom. The van der Waals surface area contributed by atoms with Crippen molar-refractivity contribution in [2.24, 2.45) is 0 Å². The van der Waals surface area contributed by atoms with E-state index in [0.29, 0.717) is 0 Å². The zero-order chi connectivity index (χ0) is 32.3. The molecule has 0 spiro atoms. The maximum atomic E-state index is 5.35. The van der Waals surface area contributed by atoms with Gasteiger partial charge in [0.15, 0.2) is 0 Å². The molecule has 0 N–H and O–H groups in total. The van der Waals surface area contributed by atoms with Crippen LogP contribution in [0.2, 0.25) is 0 Å². The zero-order valence-electron chi connectivity index (χ0n) is 26.3. The molecule has 4 heteroatoms. The van der Waals surface area contributed by atoms with Gasteiger partial charge < -0.3 is 0 Å². The predicted octanol–water partition coefficient (Wildman–Crippen LogP) is 12.4. The van der Waals surface area contributed by atoms with E-state index >= 15 is 0 Å². The van der Waals surface area contributed by atoms with Gasteiger partial charge in [-0.3, -0.25) is 0 Å². The van der Waals surface area contributed by atoms with Gasteiger partial charge in [0.2, 0.25) is 0 Å². The summed E-state index contributed by atoms with van der Waals surface area (Å²) >= 11 is 1.82. The van der Waals surface area contributed by atoms with Crippen molar-refractivity contribution in [1.29, 1.82) is 0 Å². The molecule has 0 bridgehead atoms. The lowest BCUT2D eigenvalue weighted by molar-refractivity contribution is 1.36. The second-order valence-corrected chi connectivity index (χ2v) is 13.5. The summed E-state index contributed by atoms with van der Waals surface area (Å²) in [5, 5.41) is 5.89. The number of rotatable bonds is 4. The summed E-state index contributed by atoms with van der Waals surface area (Å²) in [7, 11) is 0. The van der Waals surface area contributed by atoms with E-state index in [4.69, 9.17) is 15.0 Å². The number of nitrogens with zero attached hydrogens (tertiary/aromatic N) is 3. The lowest BCUT2D eigenvalue weighted by Gasteiger charge is -2.11. The summed E-state index contributed by atoms with van der Waals surface area (Å²) in [6.45, 7) is 0. The predicted molar refractivity (Wildman–Crippen MR) is 207 cm³/mol. The summed E-state index contributed by atoms with van der Waals surface area (Å²) < 4.78 is 2.48. The fraction of sp³-hybridized carbons (Fsp3) is 0. The van der Waals surface area contributed by atoms with Crippen LogP contribution in [0.25, 0.3) is 97.8 Å². The molecule has 0 aliphatic carbocycles. The molecule has 10 aromatic rings. The van der Waals surface area contributed by atoms with Crippen LogP contribution in [-0.2, 0) is 0 Å². The van der Waals surface area contributed by atoms with E-state index in [0.717, 1.165) is 61.1 Å². The van der Waals surface area contributed by atoms with Crippen molar-refractivity contribution in [3.63, 3.8) is 0 Å². The minimum Gasteiger partial charge on any atom is -0.246 e. The molecule has 0 unspecified atom stereocenters. The van der Waals surface area contributed by atoms with Crippen LogP contribution < -0.4 is 0 Å². The number of benzene rings is 6. The second kappa shape index (κ2) is 11.2. The van der Waals surface area contributed by atoms with Crippen molar-refractivity contribution in [3.8, 4) is 44.9 Å². The number of hydrogen-bond acceptors (Lipinski definition) is 4. The average molecular weight is 642 g/mol. The van der Waals surface area contributed by atoms with Crippen LogP contribution in [0.5, 0.6) is 0 Å². The Bertz CT molecular complexity index is 2860. The van der Waals surface area contributed by atoms with Crippen LogP contribution in [0.1, 0.15) is 0 Å². The number of aromatic nitrogens is 3. The standard InChI is InChI=1S/C45H27N3S/c1-3-9-28(10-4-1)34-21-24-35-39(27-34)48-44(45-41(35)36-13-7-8-14-40(36)49-45)33-17-15-30(16-18-33)38-26-23-32-20-19-31-22-25-37(29-11-5-2-6-12-29)46-42(31)43(32)47-38/h1-27H. The van der Waals surface area contributed by atoms with E-state index in [1.165, 1.54) is 36.7 Å². The van der Waals surface area contributed by atoms with Gasteiger partial charge in [0, 0.05) is 48.3 Å². The first-order valence-electron chi connectivity index (χ1n) is 16.4. The van der Waals surface area contributed by atoms with Gasteiger partial charge in [0.25, 0.3) is 0 Å². The second-order valence-electron chi connectivity index (χ2n) is 12.4. The third-order valence-electron chi connectivity index (χ3n) is 9.46. The molecule has 0 amide bonds. The topological polar surface area (TPSA) is 38.7 Å². The van der Waals surface area contributed by atoms with Crippen LogP contribution >= 0.6 is 11.3 Å². The van der Waals surface area contributed by atoms with Gasteiger partial charge >= 0.3 is 0 Å². The first kappa shape index (κ1) is 27.8. The van der Waals surface area contributed by atoms with E-state index in [1.54, 1.807) is 0 Å². The van der Waals surface area contributed by atoms with Crippen molar-refractivity contribution in [1.82, 2.24) is 15.0 Å². The Morgan fingerprint density at radius 2 is 0.939 bits per heavy atom. The van der Waals surface area contributed by atoms with Crippen molar-refractivity contribution in [2.45, 2.75) is 0 Å². The summed E-state index contributed by atoms with van der Waals surface area (Å²) in [6.07, 6.45) is 0. The summed E-state index contributed by atoms with van der Waals surface area (Å²) in [5.41, 5.74) is 11.3. The van der Waals surface area contributed by atoms with Crippen molar-refractivity contribution < 1.29 is 0 Å². The van der Waals surface area contributed by atoms with Crippen molar-refractivity contribution in [2.75, 3.05) is 0 Å². The van der Waals surface area contributed by atoms with E-state index in [1.807, 2.05) is 29.5 Å². The third-order valence-corrected chi connectivity index (χ3v) is 10.6. The van der Waals surface area contributed by atoms with E-state index in [9.17, 15) is 0 Å². The first-order chi connectivity index (χ1) is 24.3. The largest absolute Gasteiger partial charge is 0.246 e. The fourth-order valence-corrected chi connectivity index (χ4v) is 8.22. The number of pyridine rings is 3. The molecular weight excluding hydrogens is 615 g/mol. The molecule has 10 rings (SSSR count). The minimum atomic E-state index is 0.911. The van der Waals surface area contributed by atoms with Crippen molar-refractivity contribution >= 4 is 64.2 Å². The first-order valence-corrected chi connectivity index (χ1v) is 17.3. The molecule has 6 aromatic carbocycles.